The molecule has 0 aliphatic rings. The van der Waals surface area contributed by atoms with E-state index in [-0.39, 0.29) is 0 Å². The van der Waals surface area contributed by atoms with E-state index in [4.69, 9.17) is 18.9 Å². The normalized spacial score (nSPS) is 11.9. The van der Waals surface area contributed by atoms with Crippen LogP contribution in [0.25, 0.3) is 18.2 Å². The van der Waals surface area contributed by atoms with Crippen molar-refractivity contribution >= 4 is 35.7 Å². The third kappa shape index (κ3) is 9.31. The second-order valence-corrected chi connectivity index (χ2v) is 10.3. The number of hydrogen-bond donors (Lipinski definition) is 1. The van der Waals surface area contributed by atoms with Gasteiger partial charge in [0.05, 0.1) is 34.5 Å². The minimum absolute atomic E-state index is 0.457. The van der Waals surface area contributed by atoms with Crippen LogP contribution >= 0.6 is 0 Å². The van der Waals surface area contributed by atoms with Gasteiger partial charge in [0.2, 0.25) is 5.91 Å². The number of carbonyl (C=O) groups excluding carboxylic acids is 3. The van der Waals surface area contributed by atoms with Crippen molar-refractivity contribution in [2.24, 2.45) is 5.92 Å². The Kier molecular flexibility index (Phi) is 12.3. The molecule has 8 nitrogen and oxygen atoms in total. The molecule has 4 aromatic carbocycles. The van der Waals surface area contributed by atoms with Crippen LogP contribution < -0.4 is 24.3 Å². The van der Waals surface area contributed by atoms with Crippen LogP contribution in [0, 0.1) is 5.92 Å². The van der Waals surface area contributed by atoms with E-state index in [0.717, 1.165) is 5.56 Å². The van der Waals surface area contributed by atoms with Crippen LogP contribution in [0.5, 0.6) is 23.0 Å². The van der Waals surface area contributed by atoms with E-state index < -0.39 is 29.4 Å². The van der Waals surface area contributed by atoms with Gasteiger partial charge in [-0.15, -0.1) is 0 Å². The van der Waals surface area contributed by atoms with Crippen LogP contribution in [0.15, 0.2) is 115 Å². The van der Waals surface area contributed by atoms with Crippen molar-refractivity contribution in [3.63, 3.8) is 0 Å². The highest BCUT2D eigenvalue weighted by Gasteiger charge is 2.34. The second kappa shape index (κ2) is 17.0. The Balaban J connectivity index is 1.72. The van der Waals surface area contributed by atoms with Gasteiger partial charge in [0.25, 0.3) is 0 Å². The van der Waals surface area contributed by atoms with Crippen molar-refractivity contribution in [1.29, 1.82) is 0 Å². The molecule has 1 N–H and O–H groups in total. The first-order valence-electron chi connectivity index (χ1n) is 14.8. The summed E-state index contributed by atoms with van der Waals surface area (Å²) in [6, 6.07) is 27.8. The molecule has 0 aliphatic carbocycles. The van der Waals surface area contributed by atoms with E-state index >= 15 is 0 Å². The Labute approximate surface area is 274 Å². The van der Waals surface area contributed by atoms with E-state index in [1.54, 1.807) is 78.9 Å². The molecule has 0 spiro atoms. The van der Waals surface area contributed by atoms with Crippen molar-refractivity contribution in [3.05, 3.63) is 138 Å². The lowest BCUT2D eigenvalue weighted by molar-refractivity contribution is -0.129. The number of rotatable bonds is 15. The quantitative estimate of drug-likeness (QED) is 0.114. The van der Waals surface area contributed by atoms with Gasteiger partial charge in [0.1, 0.15) is 5.92 Å². The number of ketones is 2. The molecule has 8 heteroatoms. The maximum atomic E-state index is 14.0. The van der Waals surface area contributed by atoms with Gasteiger partial charge in [-0.05, 0) is 64.7 Å². The first kappa shape index (κ1) is 34.0. The molecule has 0 radical (unpaired) electrons. The summed E-state index contributed by atoms with van der Waals surface area (Å²) < 4.78 is 21.4. The largest absolute Gasteiger partial charge is 0.493 e. The molecular weight excluding hydrogens is 594 g/mol. The van der Waals surface area contributed by atoms with E-state index in [0.29, 0.717) is 39.7 Å². The van der Waals surface area contributed by atoms with Gasteiger partial charge in [-0.2, -0.15) is 0 Å². The Morgan fingerprint density at radius 3 is 1.45 bits per heavy atom. The maximum absolute atomic E-state index is 14.0. The molecule has 1 amide bonds. The van der Waals surface area contributed by atoms with Gasteiger partial charge >= 0.3 is 0 Å². The minimum atomic E-state index is -1.29. The molecule has 0 heterocycles. The lowest BCUT2D eigenvalue weighted by atomic mass is 9.85. The Bertz CT molecular complexity index is 1680. The molecule has 4 aromatic rings. The standard InChI is InChI=1S/C39H37NO7/c1-44-33-22-17-28(25-35(33)46-3)15-20-31(41)38(32(42)21-16-29-18-23-34(45-2)36(26-29)47-4)39(30-13-9-6-10-14-30)40-37(43)24-19-27-11-7-5-8-12-27/h5-26,38-39H,1-4H3,(H,40,43)/b20-15+,21-16+,24-19+. The summed E-state index contributed by atoms with van der Waals surface area (Å²) in [6.07, 6.45) is 8.94. The molecule has 47 heavy (non-hydrogen) atoms. The highest BCUT2D eigenvalue weighted by molar-refractivity contribution is 6.14. The predicted molar refractivity (Wildman–Crippen MR) is 183 cm³/mol. The highest BCUT2D eigenvalue weighted by atomic mass is 16.5. The topological polar surface area (TPSA) is 100 Å². The summed E-state index contributed by atoms with van der Waals surface area (Å²) >= 11 is 0. The number of methoxy groups -OCH3 is 4. The molecule has 0 aliphatic heterocycles. The first-order chi connectivity index (χ1) is 22.9. The fourth-order valence-electron chi connectivity index (χ4n) is 4.90. The lowest BCUT2D eigenvalue weighted by Gasteiger charge is -2.25. The van der Waals surface area contributed by atoms with Crippen molar-refractivity contribution in [3.8, 4) is 23.0 Å². The molecule has 4 rings (SSSR count). The zero-order valence-electron chi connectivity index (χ0n) is 26.7. The molecule has 0 saturated carbocycles. The Hall–Kier alpha value is -5.89. The van der Waals surface area contributed by atoms with Gasteiger partial charge < -0.3 is 24.3 Å². The third-order valence-electron chi connectivity index (χ3n) is 7.32. The maximum Gasteiger partial charge on any atom is 0.244 e. The van der Waals surface area contributed by atoms with Crippen LogP contribution in [-0.4, -0.2) is 45.9 Å². The number of ether oxygens (including phenoxy) is 4. The lowest BCUT2D eigenvalue weighted by Crippen LogP contribution is -2.39. The SMILES string of the molecule is COc1ccc(/C=C/C(=O)C(C(=O)/C=C/c2ccc(OC)c(OC)c2)C(NC(=O)/C=C/c2ccccc2)c2ccccc2)cc1OC. The molecular formula is C39H37NO7. The molecule has 0 fully saturated rings. The van der Waals surface area contributed by atoms with E-state index in [2.05, 4.69) is 5.32 Å². The number of benzene rings is 4. The van der Waals surface area contributed by atoms with Crippen LogP contribution in [-0.2, 0) is 14.4 Å². The summed E-state index contributed by atoms with van der Waals surface area (Å²) in [5.41, 5.74) is 2.75. The highest BCUT2D eigenvalue weighted by Crippen LogP contribution is 2.30. The van der Waals surface area contributed by atoms with Crippen LogP contribution in [0.3, 0.4) is 0 Å². The van der Waals surface area contributed by atoms with Crippen LogP contribution in [0.1, 0.15) is 28.3 Å². The predicted octanol–water partition coefficient (Wildman–Crippen LogP) is 6.77. The van der Waals surface area contributed by atoms with Gasteiger partial charge in [-0.3, -0.25) is 14.4 Å². The van der Waals surface area contributed by atoms with Gasteiger partial charge in [0, 0.05) is 6.08 Å². The first-order valence-corrected chi connectivity index (χ1v) is 14.8. The summed E-state index contributed by atoms with van der Waals surface area (Å²) in [7, 11) is 6.12. The zero-order chi connectivity index (χ0) is 33.6. The molecule has 0 aromatic heterocycles. The summed E-state index contributed by atoms with van der Waals surface area (Å²) in [5.74, 6) is -0.676. The fraction of sp³-hybridized carbons (Fsp3) is 0.154. The monoisotopic (exact) mass is 631 g/mol. The summed E-state index contributed by atoms with van der Waals surface area (Å²) in [4.78, 5) is 41.3. The number of amides is 1. The number of allylic oxidation sites excluding steroid dienone is 2. The van der Waals surface area contributed by atoms with Crippen molar-refractivity contribution in [2.75, 3.05) is 28.4 Å². The summed E-state index contributed by atoms with van der Waals surface area (Å²) in [6.45, 7) is 0. The van der Waals surface area contributed by atoms with Crippen molar-refractivity contribution < 1.29 is 33.3 Å². The van der Waals surface area contributed by atoms with Gasteiger partial charge in [0.15, 0.2) is 34.6 Å². The zero-order valence-corrected chi connectivity index (χ0v) is 26.7. The van der Waals surface area contributed by atoms with E-state index in [1.807, 2.05) is 36.4 Å². The van der Waals surface area contributed by atoms with Crippen molar-refractivity contribution in [1.82, 2.24) is 5.32 Å². The number of hydrogen-bond acceptors (Lipinski definition) is 7. The van der Waals surface area contributed by atoms with Crippen LogP contribution in [0.2, 0.25) is 0 Å². The van der Waals surface area contributed by atoms with Gasteiger partial charge in [-0.1, -0.05) is 84.9 Å². The second-order valence-electron chi connectivity index (χ2n) is 10.3. The molecule has 0 saturated heterocycles. The molecule has 0 bridgehead atoms. The summed E-state index contributed by atoms with van der Waals surface area (Å²) in [5, 5.41) is 2.92. The molecule has 1 atom stereocenters. The van der Waals surface area contributed by atoms with E-state index in [9.17, 15) is 14.4 Å². The minimum Gasteiger partial charge on any atom is -0.493 e. The van der Waals surface area contributed by atoms with Crippen LogP contribution in [0.4, 0.5) is 0 Å². The Morgan fingerprint density at radius 2 is 0.979 bits per heavy atom. The molecule has 1 unspecified atom stereocenters. The Morgan fingerprint density at radius 1 is 0.532 bits per heavy atom. The average molecular weight is 632 g/mol. The van der Waals surface area contributed by atoms with Crippen molar-refractivity contribution in [2.45, 2.75) is 6.04 Å². The smallest absolute Gasteiger partial charge is 0.244 e. The average Bonchev–Trinajstić information content (AvgIpc) is 3.12. The third-order valence-corrected chi connectivity index (χ3v) is 7.32. The van der Waals surface area contributed by atoms with E-state index in [1.165, 1.54) is 46.7 Å². The fourth-order valence-corrected chi connectivity index (χ4v) is 4.90. The number of carbonyl (C=O) groups is 3. The number of nitrogens with one attached hydrogen (secondary N) is 1. The molecule has 240 valence electrons. The van der Waals surface area contributed by atoms with Gasteiger partial charge in [-0.25, -0.2) is 0 Å².